The van der Waals surface area contributed by atoms with Gasteiger partial charge in [0.15, 0.2) is 0 Å². The molecule has 0 saturated carbocycles. The van der Waals surface area contributed by atoms with E-state index in [2.05, 4.69) is 10.0 Å². The average Bonchev–Trinajstić information content (AvgIpc) is 2.77. The van der Waals surface area contributed by atoms with E-state index in [9.17, 15) is 4.79 Å². The molecule has 0 aliphatic carbocycles. The Labute approximate surface area is 125 Å². The molecule has 1 aromatic carbocycles. The van der Waals surface area contributed by atoms with Crippen molar-refractivity contribution in [1.29, 1.82) is 0 Å². The Bertz CT molecular complexity index is 595. The van der Waals surface area contributed by atoms with Gasteiger partial charge in [-0.15, -0.1) is 0 Å². The minimum absolute atomic E-state index is 0.0260. The van der Waals surface area contributed by atoms with Crippen molar-refractivity contribution in [2.24, 2.45) is 5.10 Å². The van der Waals surface area contributed by atoms with Crippen molar-refractivity contribution >= 4 is 17.3 Å². The number of nitrogens with zero attached hydrogens (tertiary/aromatic N) is 3. The second-order valence-corrected chi connectivity index (χ2v) is 5.78. The van der Waals surface area contributed by atoms with Crippen molar-refractivity contribution in [1.82, 2.24) is 4.90 Å². The number of hydrazone groups is 1. The fourth-order valence-corrected chi connectivity index (χ4v) is 2.76. The number of carbonyl (C=O) groups excluding carboxylic acids is 1. The van der Waals surface area contributed by atoms with Gasteiger partial charge in [-0.05, 0) is 45.2 Å². The van der Waals surface area contributed by atoms with Crippen molar-refractivity contribution in [2.75, 3.05) is 18.1 Å². The minimum atomic E-state index is -0.0260. The largest absolute Gasteiger partial charge is 0.377 e. The highest BCUT2D eigenvalue weighted by Gasteiger charge is 2.29. The molecule has 4 nitrogen and oxygen atoms in total. The van der Waals surface area contributed by atoms with Gasteiger partial charge in [-0.3, -0.25) is 4.79 Å². The van der Waals surface area contributed by atoms with Crippen LogP contribution in [-0.4, -0.2) is 29.6 Å². The molecule has 1 amide bonds. The third-order valence-electron chi connectivity index (χ3n) is 4.04. The molecular formula is C17H21N3O. The fourth-order valence-electron chi connectivity index (χ4n) is 2.76. The van der Waals surface area contributed by atoms with Crippen molar-refractivity contribution in [3.8, 4) is 0 Å². The first kappa shape index (κ1) is 13.9. The van der Waals surface area contributed by atoms with E-state index in [1.807, 2.05) is 44.3 Å². The number of anilines is 1. The molecule has 0 bridgehead atoms. The molecule has 0 spiro atoms. The van der Waals surface area contributed by atoms with Crippen LogP contribution < -0.4 is 5.01 Å². The van der Waals surface area contributed by atoms with E-state index in [-0.39, 0.29) is 5.91 Å². The molecular weight excluding hydrogens is 262 g/mol. The summed E-state index contributed by atoms with van der Waals surface area (Å²) in [7, 11) is 0. The minimum Gasteiger partial charge on any atom is -0.377 e. The van der Waals surface area contributed by atoms with Crippen LogP contribution in [0, 0.1) is 6.92 Å². The van der Waals surface area contributed by atoms with Crippen LogP contribution in [0.5, 0.6) is 0 Å². The second kappa shape index (κ2) is 5.72. The van der Waals surface area contributed by atoms with Crippen molar-refractivity contribution in [3.63, 3.8) is 0 Å². The Morgan fingerprint density at radius 1 is 1.05 bits per heavy atom. The van der Waals surface area contributed by atoms with Crippen LogP contribution >= 0.6 is 0 Å². The lowest BCUT2D eigenvalue weighted by Gasteiger charge is -2.25. The van der Waals surface area contributed by atoms with Crippen LogP contribution in [-0.2, 0) is 4.79 Å². The molecule has 2 aliphatic heterocycles. The molecule has 21 heavy (non-hydrogen) atoms. The van der Waals surface area contributed by atoms with Crippen LogP contribution in [0.4, 0.5) is 5.69 Å². The molecule has 110 valence electrons. The van der Waals surface area contributed by atoms with Crippen LogP contribution in [0.25, 0.3) is 0 Å². The molecule has 1 saturated heterocycles. The molecule has 2 heterocycles. The highest BCUT2D eigenvalue weighted by atomic mass is 16.2. The molecule has 1 fully saturated rings. The lowest BCUT2D eigenvalue weighted by molar-refractivity contribution is -0.114. The number of likely N-dealkylation sites (tertiary alicyclic amines) is 1. The van der Waals surface area contributed by atoms with Crippen LogP contribution in [0.2, 0.25) is 0 Å². The van der Waals surface area contributed by atoms with Crippen LogP contribution in [0.1, 0.15) is 31.7 Å². The van der Waals surface area contributed by atoms with Gasteiger partial charge in [0.1, 0.15) is 0 Å². The number of hydrogen-bond donors (Lipinski definition) is 0. The van der Waals surface area contributed by atoms with Gasteiger partial charge in [-0.1, -0.05) is 17.7 Å². The number of benzene rings is 1. The van der Waals surface area contributed by atoms with E-state index < -0.39 is 0 Å². The smallest absolute Gasteiger partial charge is 0.282 e. The van der Waals surface area contributed by atoms with Gasteiger partial charge in [-0.2, -0.15) is 10.1 Å². The summed E-state index contributed by atoms with van der Waals surface area (Å²) in [6, 6.07) is 7.88. The molecule has 3 rings (SSSR count). The summed E-state index contributed by atoms with van der Waals surface area (Å²) in [5.74, 6) is -0.0260. The van der Waals surface area contributed by atoms with E-state index in [1.165, 1.54) is 29.8 Å². The molecule has 0 radical (unpaired) electrons. The highest BCUT2D eigenvalue weighted by molar-refractivity contribution is 6.29. The Hall–Kier alpha value is -2.10. The summed E-state index contributed by atoms with van der Waals surface area (Å²) in [4.78, 5) is 14.8. The Morgan fingerprint density at radius 3 is 2.38 bits per heavy atom. The van der Waals surface area contributed by atoms with Gasteiger partial charge >= 0.3 is 0 Å². The highest BCUT2D eigenvalue weighted by Crippen LogP contribution is 2.24. The van der Waals surface area contributed by atoms with E-state index in [0.29, 0.717) is 0 Å². The number of rotatable bonds is 2. The SMILES string of the molecule is CC1=NN(c2ccc(C)cc2)C(=O)/C1=C/N1CCCCC1. The van der Waals surface area contributed by atoms with Crippen LogP contribution in [0.15, 0.2) is 41.1 Å². The van der Waals surface area contributed by atoms with Gasteiger partial charge in [0.25, 0.3) is 5.91 Å². The van der Waals surface area contributed by atoms with Gasteiger partial charge in [0, 0.05) is 19.3 Å². The van der Waals surface area contributed by atoms with Crippen molar-refractivity contribution in [2.45, 2.75) is 33.1 Å². The number of piperidine rings is 1. The molecule has 0 unspecified atom stereocenters. The van der Waals surface area contributed by atoms with Gasteiger partial charge in [0.2, 0.25) is 0 Å². The van der Waals surface area contributed by atoms with E-state index >= 15 is 0 Å². The zero-order valence-corrected chi connectivity index (χ0v) is 12.7. The standard InChI is InChI=1S/C17H21N3O/c1-13-6-8-15(9-7-13)20-17(21)16(14(2)18-20)12-19-10-4-3-5-11-19/h6-9,12H,3-5,10-11H2,1-2H3/b16-12+. The average molecular weight is 283 g/mol. The normalized spacial score (nSPS) is 21.1. The third-order valence-corrected chi connectivity index (χ3v) is 4.04. The molecule has 0 aromatic heterocycles. The zero-order chi connectivity index (χ0) is 14.8. The predicted molar refractivity (Wildman–Crippen MR) is 85.3 cm³/mol. The lowest BCUT2D eigenvalue weighted by Crippen LogP contribution is -2.27. The van der Waals surface area contributed by atoms with Crippen LogP contribution in [0.3, 0.4) is 0 Å². The zero-order valence-electron chi connectivity index (χ0n) is 12.7. The van der Waals surface area contributed by atoms with Gasteiger partial charge in [-0.25, -0.2) is 0 Å². The first-order chi connectivity index (χ1) is 10.1. The topological polar surface area (TPSA) is 35.9 Å². The lowest BCUT2D eigenvalue weighted by atomic mass is 10.1. The fraction of sp³-hybridized carbons (Fsp3) is 0.412. The summed E-state index contributed by atoms with van der Waals surface area (Å²) in [5.41, 5.74) is 3.52. The Kier molecular flexibility index (Phi) is 3.78. The monoisotopic (exact) mass is 283 g/mol. The number of carbonyl (C=O) groups is 1. The summed E-state index contributed by atoms with van der Waals surface area (Å²) >= 11 is 0. The summed E-state index contributed by atoms with van der Waals surface area (Å²) < 4.78 is 0. The molecule has 0 atom stereocenters. The van der Waals surface area contributed by atoms with E-state index in [4.69, 9.17) is 0 Å². The molecule has 2 aliphatic rings. The maximum absolute atomic E-state index is 12.6. The predicted octanol–water partition coefficient (Wildman–Crippen LogP) is 3.09. The van der Waals surface area contributed by atoms with E-state index in [1.54, 1.807) is 0 Å². The van der Waals surface area contributed by atoms with Crippen molar-refractivity contribution in [3.05, 3.63) is 41.6 Å². The molecule has 4 heteroatoms. The molecule has 1 aromatic rings. The first-order valence-electron chi connectivity index (χ1n) is 7.58. The second-order valence-electron chi connectivity index (χ2n) is 5.78. The summed E-state index contributed by atoms with van der Waals surface area (Å²) in [5, 5.41) is 5.93. The number of amides is 1. The van der Waals surface area contributed by atoms with E-state index in [0.717, 1.165) is 30.1 Å². The first-order valence-corrected chi connectivity index (χ1v) is 7.58. The number of hydrogen-bond acceptors (Lipinski definition) is 3. The Balaban J connectivity index is 1.83. The Morgan fingerprint density at radius 2 is 1.71 bits per heavy atom. The quantitative estimate of drug-likeness (QED) is 0.782. The number of aryl methyl sites for hydroxylation is 1. The maximum Gasteiger partial charge on any atom is 0.282 e. The van der Waals surface area contributed by atoms with Gasteiger partial charge < -0.3 is 4.90 Å². The maximum atomic E-state index is 12.6. The molecule has 0 N–H and O–H groups in total. The van der Waals surface area contributed by atoms with Crippen molar-refractivity contribution < 1.29 is 4.79 Å². The summed E-state index contributed by atoms with van der Waals surface area (Å²) in [6.07, 6.45) is 5.69. The van der Waals surface area contributed by atoms with Gasteiger partial charge in [0.05, 0.1) is 17.0 Å². The summed E-state index contributed by atoms with van der Waals surface area (Å²) in [6.45, 7) is 6.01. The third kappa shape index (κ3) is 2.84.